The minimum atomic E-state index is -4.35. The summed E-state index contributed by atoms with van der Waals surface area (Å²) in [6, 6.07) is 6.50. The van der Waals surface area contributed by atoms with Gasteiger partial charge >= 0.3 is 6.18 Å². The molecule has 0 saturated heterocycles. The SMILES string of the molecule is CO.O=c1[nH]c(-c2ncccn2)ncc1CNCc1ccc(C(F)(F)F)cc1. The van der Waals surface area contributed by atoms with E-state index < -0.39 is 11.7 Å². The van der Waals surface area contributed by atoms with Gasteiger partial charge in [0.1, 0.15) is 0 Å². The lowest BCUT2D eigenvalue weighted by atomic mass is 10.1. The minimum absolute atomic E-state index is 0.222. The largest absolute Gasteiger partial charge is 0.416 e. The number of H-pyrrole nitrogens is 1. The molecule has 0 amide bonds. The van der Waals surface area contributed by atoms with E-state index in [9.17, 15) is 18.0 Å². The van der Waals surface area contributed by atoms with Crippen LogP contribution in [0.2, 0.25) is 0 Å². The highest BCUT2D eigenvalue weighted by Gasteiger charge is 2.29. The highest BCUT2D eigenvalue weighted by Crippen LogP contribution is 2.29. The van der Waals surface area contributed by atoms with Gasteiger partial charge < -0.3 is 15.4 Å². The molecule has 0 bridgehead atoms. The molecule has 2 aromatic heterocycles. The van der Waals surface area contributed by atoms with Crippen molar-refractivity contribution in [3.05, 3.63) is 76.0 Å². The average molecular weight is 393 g/mol. The molecule has 0 atom stereocenters. The normalized spacial score (nSPS) is 10.9. The maximum atomic E-state index is 12.5. The summed E-state index contributed by atoms with van der Waals surface area (Å²) < 4.78 is 37.6. The predicted octanol–water partition coefficient (Wildman–Crippen LogP) is 2.14. The summed E-state index contributed by atoms with van der Waals surface area (Å²) in [5, 5.41) is 10.0. The lowest BCUT2D eigenvalue weighted by Crippen LogP contribution is -2.22. The minimum Gasteiger partial charge on any atom is -0.400 e. The van der Waals surface area contributed by atoms with Gasteiger partial charge in [0, 0.05) is 44.4 Å². The summed E-state index contributed by atoms with van der Waals surface area (Å²) in [5.74, 6) is 0.580. The van der Waals surface area contributed by atoms with Gasteiger partial charge in [-0.05, 0) is 23.8 Å². The first kappa shape index (κ1) is 21.2. The van der Waals surface area contributed by atoms with E-state index in [1.54, 1.807) is 18.5 Å². The maximum absolute atomic E-state index is 12.5. The summed E-state index contributed by atoms with van der Waals surface area (Å²) in [5.41, 5.74) is 0.0521. The Morgan fingerprint density at radius 1 is 1.04 bits per heavy atom. The van der Waals surface area contributed by atoms with Gasteiger partial charge in [0.15, 0.2) is 11.6 Å². The Hall–Kier alpha value is -3.11. The first-order valence-electron chi connectivity index (χ1n) is 8.10. The second-order valence-electron chi connectivity index (χ2n) is 5.46. The molecule has 0 saturated carbocycles. The number of rotatable bonds is 5. The van der Waals surface area contributed by atoms with Crippen LogP contribution in [0, 0.1) is 0 Å². The Morgan fingerprint density at radius 2 is 1.68 bits per heavy atom. The standard InChI is InChI=1S/C17H14F3N5O.CH4O/c18-17(19,20)13-4-2-11(3-5-13)8-21-9-12-10-24-15(25-16(12)26)14-22-6-1-7-23-14;1-2/h1-7,10,21H,8-9H2,(H,24,25,26);2H,1H3. The summed E-state index contributed by atoms with van der Waals surface area (Å²) in [6.07, 6.45) is 0.156. The molecule has 10 heteroatoms. The summed E-state index contributed by atoms with van der Waals surface area (Å²) in [4.78, 5) is 26.8. The number of alkyl halides is 3. The van der Waals surface area contributed by atoms with E-state index in [-0.39, 0.29) is 17.9 Å². The van der Waals surface area contributed by atoms with Gasteiger partial charge in [-0.3, -0.25) is 4.79 Å². The summed E-state index contributed by atoms with van der Waals surface area (Å²) in [6.45, 7) is 0.542. The molecule has 0 spiro atoms. The van der Waals surface area contributed by atoms with Crippen molar-refractivity contribution < 1.29 is 18.3 Å². The van der Waals surface area contributed by atoms with E-state index >= 15 is 0 Å². The van der Waals surface area contributed by atoms with Crippen LogP contribution in [0.3, 0.4) is 0 Å². The third-order valence-corrected chi connectivity index (χ3v) is 3.58. The number of benzene rings is 1. The summed E-state index contributed by atoms with van der Waals surface area (Å²) >= 11 is 0. The van der Waals surface area contributed by atoms with E-state index in [4.69, 9.17) is 5.11 Å². The number of aromatic nitrogens is 4. The van der Waals surface area contributed by atoms with Crippen LogP contribution in [0.4, 0.5) is 13.2 Å². The molecule has 0 aliphatic rings. The molecule has 0 fully saturated rings. The zero-order chi connectivity index (χ0) is 20.6. The average Bonchev–Trinajstić information content (AvgIpc) is 2.71. The predicted molar refractivity (Wildman–Crippen MR) is 96.0 cm³/mol. The van der Waals surface area contributed by atoms with Crippen molar-refractivity contribution in [2.24, 2.45) is 0 Å². The van der Waals surface area contributed by atoms with Crippen LogP contribution in [0.5, 0.6) is 0 Å². The molecule has 3 aromatic rings. The topological polar surface area (TPSA) is 104 Å². The van der Waals surface area contributed by atoms with Gasteiger partial charge in [-0.15, -0.1) is 0 Å². The first-order valence-corrected chi connectivity index (χ1v) is 8.10. The van der Waals surface area contributed by atoms with Gasteiger partial charge in [-0.2, -0.15) is 13.2 Å². The van der Waals surface area contributed by atoms with Gasteiger partial charge in [-0.25, -0.2) is 15.0 Å². The fourth-order valence-corrected chi connectivity index (χ4v) is 2.24. The van der Waals surface area contributed by atoms with E-state index in [1.165, 1.54) is 18.3 Å². The number of hydrogen-bond acceptors (Lipinski definition) is 6. The Labute approximate surface area is 158 Å². The van der Waals surface area contributed by atoms with Crippen LogP contribution in [0.15, 0.2) is 53.7 Å². The monoisotopic (exact) mass is 393 g/mol. The molecule has 0 aliphatic heterocycles. The number of halogens is 3. The molecular weight excluding hydrogens is 375 g/mol. The smallest absolute Gasteiger partial charge is 0.400 e. The third-order valence-electron chi connectivity index (χ3n) is 3.58. The van der Waals surface area contributed by atoms with E-state index in [1.807, 2.05) is 0 Å². The van der Waals surface area contributed by atoms with Crippen LogP contribution in [0.1, 0.15) is 16.7 Å². The van der Waals surface area contributed by atoms with Crippen LogP contribution < -0.4 is 10.9 Å². The molecule has 3 N–H and O–H groups in total. The highest BCUT2D eigenvalue weighted by molar-refractivity contribution is 5.41. The lowest BCUT2D eigenvalue weighted by Gasteiger charge is -2.08. The number of aromatic amines is 1. The van der Waals surface area contributed by atoms with E-state index in [2.05, 4.69) is 25.3 Å². The molecule has 0 aliphatic carbocycles. The Morgan fingerprint density at radius 3 is 2.25 bits per heavy atom. The Bertz CT molecular complexity index is 928. The fraction of sp³-hybridized carbons (Fsp3) is 0.222. The van der Waals surface area contributed by atoms with Crippen molar-refractivity contribution in [1.29, 1.82) is 0 Å². The fourth-order valence-electron chi connectivity index (χ4n) is 2.24. The molecule has 28 heavy (non-hydrogen) atoms. The third kappa shape index (κ3) is 5.69. The van der Waals surface area contributed by atoms with Crippen molar-refractivity contribution in [3.63, 3.8) is 0 Å². The zero-order valence-corrected chi connectivity index (χ0v) is 14.9. The quantitative estimate of drug-likeness (QED) is 0.614. The van der Waals surface area contributed by atoms with Gasteiger partial charge in [-0.1, -0.05) is 12.1 Å². The van der Waals surface area contributed by atoms with Crippen molar-refractivity contribution in [2.45, 2.75) is 19.3 Å². The molecule has 3 rings (SSSR count). The van der Waals surface area contributed by atoms with Crippen molar-refractivity contribution in [3.8, 4) is 11.6 Å². The maximum Gasteiger partial charge on any atom is 0.416 e. The van der Waals surface area contributed by atoms with Crippen molar-refractivity contribution in [2.75, 3.05) is 7.11 Å². The second-order valence-corrected chi connectivity index (χ2v) is 5.46. The molecule has 7 nitrogen and oxygen atoms in total. The molecule has 0 radical (unpaired) electrons. The molecule has 1 aromatic carbocycles. The van der Waals surface area contributed by atoms with Crippen molar-refractivity contribution >= 4 is 0 Å². The zero-order valence-electron chi connectivity index (χ0n) is 14.9. The highest BCUT2D eigenvalue weighted by atomic mass is 19.4. The Balaban J connectivity index is 0.00000136. The second kappa shape index (κ2) is 9.72. The van der Waals surface area contributed by atoms with Crippen LogP contribution >= 0.6 is 0 Å². The molecule has 2 heterocycles. The number of aliphatic hydroxyl groups excluding tert-OH is 1. The molecular formula is C18H18F3N5O2. The van der Waals surface area contributed by atoms with Crippen molar-refractivity contribution in [1.82, 2.24) is 25.3 Å². The van der Waals surface area contributed by atoms with Crippen LogP contribution in [-0.4, -0.2) is 32.2 Å². The van der Waals surface area contributed by atoms with Crippen LogP contribution in [0.25, 0.3) is 11.6 Å². The van der Waals surface area contributed by atoms with Gasteiger partial charge in [0.25, 0.3) is 5.56 Å². The lowest BCUT2D eigenvalue weighted by molar-refractivity contribution is -0.137. The number of nitrogens with zero attached hydrogens (tertiary/aromatic N) is 3. The molecule has 148 valence electrons. The Kier molecular flexibility index (Phi) is 7.36. The number of hydrogen-bond donors (Lipinski definition) is 3. The number of aliphatic hydroxyl groups is 1. The van der Waals surface area contributed by atoms with Gasteiger partial charge in [0.2, 0.25) is 0 Å². The van der Waals surface area contributed by atoms with E-state index in [0.717, 1.165) is 19.2 Å². The first-order chi connectivity index (χ1) is 13.4. The van der Waals surface area contributed by atoms with Gasteiger partial charge in [0.05, 0.1) is 5.56 Å². The van der Waals surface area contributed by atoms with E-state index in [0.29, 0.717) is 23.5 Å². The van der Waals surface area contributed by atoms with Crippen LogP contribution in [-0.2, 0) is 19.3 Å². The summed E-state index contributed by atoms with van der Waals surface area (Å²) in [7, 11) is 1.00. The number of nitrogens with one attached hydrogen (secondary N) is 2. The molecule has 0 unspecified atom stereocenters.